The summed E-state index contributed by atoms with van der Waals surface area (Å²) < 4.78 is 26.5. The lowest BCUT2D eigenvalue weighted by atomic mass is 10.3. The van der Waals surface area contributed by atoms with E-state index in [1.165, 1.54) is 36.7 Å². The van der Waals surface area contributed by atoms with Gasteiger partial charge in [-0.15, -0.1) is 0 Å². The number of rotatable bonds is 5. The summed E-state index contributed by atoms with van der Waals surface area (Å²) >= 11 is 0. The summed E-state index contributed by atoms with van der Waals surface area (Å²) in [6, 6.07) is 10.3. The molecule has 0 aliphatic heterocycles. The zero-order chi connectivity index (χ0) is 16.7. The number of nitriles is 2. The largest absolute Gasteiger partial charge is 0.277 e. The molecule has 0 spiro atoms. The van der Waals surface area contributed by atoms with Crippen molar-refractivity contribution < 1.29 is 8.42 Å². The number of nitrogens with one attached hydrogen (secondary N) is 2. The molecule has 0 unspecified atom stereocenters. The first-order valence-electron chi connectivity index (χ1n) is 6.09. The van der Waals surface area contributed by atoms with Gasteiger partial charge in [0, 0.05) is 12.4 Å². The molecule has 0 radical (unpaired) electrons. The van der Waals surface area contributed by atoms with E-state index in [4.69, 9.17) is 10.5 Å². The van der Waals surface area contributed by atoms with E-state index in [2.05, 4.69) is 25.2 Å². The molecule has 0 aliphatic carbocycles. The van der Waals surface area contributed by atoms with E-state index in [1.54, 1.807) is 18.2 Å². The zero-order valence-corrected chi connectivity index (χ0v) is 12.3. The quantitative estimate of drug-likeness (QED) is 0.617. The molecule has 1 aromatic carbocycles. The van der Waals surface area contributed by atoms with Crippen molar-refractivity contribution in [2.24, 2.45) is 5.10 Å². The van der Waals surface area contributed by atoms with Crippen LogP contribution < -0.4 is 10.1 Å². The lowest BCUT2D eigenvalue weighted by Gasteiger charge is -2.07. The normalized spacial score (nSPS) is 10.0. The molecule has 0 fully saturated rings. The number of anilines is 2. The molecule has 0 atom stereocenters. The minimum absolute atomic E-state index is 0.000252. The maximum absolute atomic E-state index is 12.1. The van der Waals surface area contributed by atoms with Crippen LogP contribution in [0.1, 0.15) is 0 Å². The zero-order valence-electron chi connectivity index (χ0n) is 11.5. The summed E-state index contributed by atoms with van der Waals surface area (Å²) in [7, 11) is -3.81. The molecule has 2 aromatic rings. The van der Waals surface area contributed by atoms with Gasteiger partial charge in [-0.2, -0.15) is 15.6 Å². The van der Waals surface area contributed by atoms with Crippen LogP contribution in [0.5, 0.6) is 0 Å². The fourth-order valence-corrected chi connectivity index (χ4v) is 2.39. The van der Waals surface area contributed by atoms with E-state index in [-0.39, 0.29) is 16.6 Å². The summed E-state index contributed by atoms with van der Waals surface area (Å²) in [5.41, 5.74) is 2.55. The second-order valence-corrected chi connectivity index (χ2v) is 5.68. The molecule has 0 amide bonds. The standard InChI is InChI=1S/C13H9N7O2S/c14-8-11(9-15)19-18-10-2-4-12(5-3-10)23(21,22)20-13-16-6-1-7-17-13/h1-7,18H,(H,16,17,20). The number of aromatic nitrogens is 2. The van der Waals surface area contributed by atoms with Crippen molar-refractivity contribution in [1.82, 2.24) is 9.97 Å². The van der Waals surface area contributed by atoms with Crippen molar-refractivity contribution in [3.8, 4) is 12.1 Å². The number of sulfonamides is 1. The average molecular weight is 327 g/mol. The van der Waals surface area contributed by atoms with Gasteiger partial charge in [-0.1, -0.05) is 0 Å². The molecular formula is C13H9N7O2S. The van der Waals surface area contributed by atoms with Crippen molar-refractivity contribution in [3.05, 3.63) is 42.7 Å². The molecule has 0 bridgehead atoms. The van der Waals surface area contributed by atoms with Gasteiger partial charge in [0.15, 0.2) is 0 Å². The van der Waals surface area contributed by atoms with Crippen LogP contribution in [0, 0.1) is 22.7 Å². The van der Waals surface area contributed by atoms with Crippen molar-refractivity contribution in [2.45, 2.75) is 4.90 Å². The number of hydrazone groups is 1. The molecule has 0 aliphatic rings. The Balaban J connectivity index is 2.15. The SMILES string of the molecule is N#CC(C#N)=NNc1ccc(S(=O)(=O)Nc2ncccn2)cc1. The van der Waals surface area contributed by atoms with Crippen LogP contribution in [0.2, 0.25) is 0 Å². The Labute approximate surface area is 132 Å². The van der Waals surface area contributed by atoms with E-state index in [0.717, 1.165) is 0 Å². The Kier molecular flexibility index (Phi) is 4.82. The van der Waals surface area contributed by atoms with Gasteiger partial charge in [-0.05, 0) is 30.3 Å². The first-order valence-corrected chi connectivity index (χ1v) is 7.57. The van der Waals surface area contributed by atoms with Gasteiger partial charge in [-0.3, -0.25) is 5.43 Å². The highest BCUT2D eigenvalue weighted by molar-refractivity contribution is 7.92. The lowest BCUT2D eigenvalue weighted by molar-refractivity contribution is 0.601. The van der Waals surface area contributed by atoms with Gasteiger partial charge in [0.1, 0.15) is 12.1 Å². The van der Waals surface area contributed by atoms with Crippen LogP contribution in [0.25, 0.3) is 0 Å². The summed E-state index contributed by atoms with van der Waals surface area (Å²) in [5.74, 6) is -0.0352. The Morgan fingerprint density at radius 1 is 1.09 bits per heavy atom. The Morgan fingerprint density at radius 2 is 1.70 bits per heavy atom. The van der Waals surface area contributed by atoms with Gasteiger partial charge in [0.05, 0.1) is 10.6 Å². The molecular weight excluding hydrogens is 318 g/mol. The highest BCUT2D eigenvalue weighted by Gasteiger charge is 2.15. The fourth-order valence-electron chi connectivity index (χ4n) is 1.43. The average Bonchev–Trinajstić information content (AvgIpc) is 2.57. The van der Waals surface area contributed by atoms with Crippen molar-refractivity contribution >= 4 is 27.4 Å². The maximum Gasteiger partial charge on any atom is 0.264 e. The van der Waals surface area contributed by atoms with Gasteiger partial charge in [0.2, 0.25) is 11.7 Å². The predicted octanol–water partition coefficient (Wildman–Crippen LogP) is 1.09. The Hall–Kier alpha value is -3.50. The minimum atomic E-state index is -3.81. The predicted molar refractivity (Wildman–Crippen MR) is 81.6 cm³/mol. The monoisotopic (exact) mass is 327 g/mol. The molecule has 1 heterocycles. The van der Waals surface area contributed by atoms with Crippen LogP contribution >= 0.6 is 0 Å². The first-order chi connectivity index (χ1) is 11.0. The van der Waals surface area contributed by atoms with Crippen LogP contribution in [0.3, 0.4) is 0 Å². The molecule has 114 valence electrons. The maximum atomic E-state index is 12.1. The van der Waals surface area contributed by atoms with Crippen LogP contribution in [0.4, 0.5) is 11.6 Å². The summed E-state index contributed by atoms with van der Waals surface area (Å²) in [5, 5.41) is 20.7. The third-order valence-corrected chi connectivity index (χ3v) is 3.81. The number of benzene rings is 1. The van der Waals surface area contributed by atoms with Gasteiger partial charge in [-0.25, -0.2) is 23.1 Å². The van der Waals surface area contributed by atoms with Crippen LogP contribution in [0.15, 0.2) is 52.7 Å². The minimum Gasteiger partial charge on any atom is -0.277 e. The lowest BCUT2D eigenvalue weighted by Crippen LogP contribution is -2.14. The summed E-state index contributed by atoms with van der Waals surface area (Å²) in [6.45, 7) is 0. The molecule has 1 aromatic heterocycles. The van der Waals surface area contributed by atoms with Crippen molar-refractivity contribution in [3.63, 3.8) is 0 Å². The smallest absolute Gasteiger partial charge is 0.264 e. The second kappa shape index (κ2) is 6.98. The first kappa shape index (κ1) is 15.9. The van der Waals surface area contributed by atoms with E-state index in [9.17, 15) is 8.42 Å². The van der Waals surface area contributed by atoms with Gasteiger partial charge >= 0.3 is 0 Å². The second-order valence-electron chi connectivity index (χ2n) is 4.00. The third-order valence-electron chi connectivity index (χ3n) is 2.46. The third kappa shape index (κ3) is 4.23. The van der Waals surface area contributed by atoms with Crippen molar-refractivity contribution in [1.29, 1.82) is 10.5 Å². The molecule has 10 heteroatoms. The fraction of sp³-hybridized carbons (Fsp3) is 0. The van der Waals surface area contributed by atoms with E-state index in [0.29, 0.717) is 5.69 Å². The number of hydrogen-bond donors (Lipinski definition) is 2. The summed E-state index contributed by atoms with van der Waals surface area (Å²) in [6.07, 6.45) is 2.83. The van der Waals surface area contributed by atoms with Gasteiger partial charge in [0.25, 0.3) is 10.0 Å². The highest BCUT2D eigenvalue weighted by atomic mass is 32.2. The molecule has 9 nitrogen and oxygen atoms in total. The topological polar surface area (TPSA) is 144 Å². The number of hydrogen-bond acceptors (Lipinski definition) is 8. The molecule has 2 rings (SSSR count). The molecule has 23 heavy (non-hydrogen) atoms. The highest BCUT2D eigenvalue weighted by Crippen LogP contribution is 2.16. The van der Waals surface area contributed by atoms with E-state index >= 15 is 0 Å². The molecule has 0 saturated heterocycles. The Morgan fingerprint density at radius 3 is 2.26 bits per heavy atom. The van der Waals surface area contributed by atoms with E-state index in [1.807, 2.05) is 0 Å². The number of nitrogens with zero attached hydrogens (tertiary/aromatic N) is 5. The molecule has 2 N–H and O–H groups in total. The molecule has 0 saturated carbocycles. The Bertz CT molecular complexity index is 878. The summed E-state index contributed by atoms with van der Waals surface area (Å²) in [4.78, 5) is 7.56. The van der Waals surface area contributed by atoms with Crippen molar-refractivity contribution in [2.75, 3.05) is 10.1 Å². The van der Waals surface area contributed by atoms with Gasteiger partial charge < -0.3 is 0 Å². The van der Waals surface area contributed by atoms with Crippen LogP contribution in [-0.4, -0.2) is 24.1 Å². The van der Waals surface area contributed by atoms with Crippen LogP contribution in [-0.2, 0) is 10.0 Å². The van der Waals surface area contributed by atoms with E-state index < -0.39 is 10.0 Å².